The average molecular weight is 268 g/mol. The van der Waals surface area contributed by atoms with Crippen molar-refractivity contribution in [1.29, 1.82) is 0 Å². The summed E-state index contributed by atoms with van der Waals surface area (Å²) < 4.78 is 0. The van der Waals surface area contributed by atoms with Crippen LogP contribution in [-0.2, 0) is 6.61 Å². The van der Waals surface area contributed by atoms with E-state index in [4.69, 9.17) is 4.98 Å². The second-order valence-electron chi connectivity index (χ2n) is 5.86. The topological polar surface area (TPSA) is 36.4 Å². The predicted molar refractivity (Wildman–Crippen MR) is 77.3 cm³/mol. The molecule has 102 valence electrons. The summed E-state index contributed by atoms with van der Waals surface area (Å²) >= 11 is 1.66. The van der Waals surface area contributed by atoms with E-state index in [2.05, 4.69) is 32.6 Å². The number of aliphatic hydroxyl groups excluding tert-OH is 1. The van der Waals surface area contributed by atoms with E-state index in [1.54, 1.807) is 11.3 Å². The molecule has 0 saturated carbocycles. The van der Waals surface area contributed by atoms with Gasteiger partial charge in [0, 0.05) is 13.1 Å². The van der Waals surface area contributed by atoms with Crippen LogP contribution in [0.1, 0.15) is 50.6 Å². The van der Waals surface area contributed by atoms with Crippen molar-refractivity contribution in [2.75, 3.05) is 18.0 Å². The number of aliphatic hydroxyl groups is 1. The van der Waals surface area contributed by atoms with Gasteiger partial charge in [-0.15, -0.1) is 0 Å². The first-order valence-electron chi connectivity index (χ1n) is 6.88. The second kappa shape index (κ2) is 5.57. The molecule has 1 N–H and O–H groups in total. The fraction of sp³-hybridized carbons (Fsp3) is 0.786. The van der Waals surface area contributed by atoms with Crippen LogP contribution in [0.5, 0.6) is 0 Å². The van der Waals surface area contributed by atoms with Crippen molar-refractivity contribution in [2.24, 2.45) is 11.8 Å². The lowest BCUT2D eigenvalue weighted by Crippen LogP contribution is -2.21. The molecule has 0 radical (unpaired) electrons. The Morgan fingerprint density at radius 3 is 2.56 bits per heavy atom. The summed E-state index contributed by atoms with van der Waals surface area (Å²) in [6, 6.07) is 0. The van der Waals surface area contributed by atoms with Crippen LogP contribution in [0.4, 0.5) is 5.13 Å². The monoisotopic (exact) mass is 268 g/mol. The van der Waals surface area contributed by atoms with Crippen LogP contribution < -0.4 is 4.90 Å². The van der Waals surface area contributed by atoms with Crippen LogP contribution in [0.2, 0.25) is 0 Å². The van der Waals surface area contributed by atoms with E-state index in [0.717, 1.165) is 40.6 Å². The predicted octanol–water partition coefficient (Wildman–Crippen LogP) is 3.24. The molecule has 0 amide bonds. The number of anilines is 1. The summed E-state index contributed by atoms with van der Waals surface area (Å²) in [6.45, 7) is 11.2. The van der Waals surface area contributed by atoms with E-state index in [1.807, 2.05) is 0 Å². The maximum Gasteiger partial charge on any atom is 0.185 e. The summed E-state index contributed by atoms with van der Waals surface area (Å²) in [5.74, 6) is 1.92. The Morgan fingerprint density at radius 2 is 2.11 bits per heavy atom. The molecule has 1 aliphatic rings. The van der Waals surface area contributed by atoms with Crippen LogP contribution in [0.25, 0.3) is 0 Å². The lowest BCUT2D eigenvalue weighted by Gasteiger charge is -2.16. The van der Waals surface area contributed by atoms with Crippen molar-refractivity contribution >= 4 is 16.5 Å². The molecule has 18 heavy (non-hydrogen) atoms. The Balaban J connectivity index is 2.15. The van der Waals surface area contributed by atoms with Gasteiger partial charge < -0.3 is 10.0 Å². The SMILES string of the molecule is CC(C)c1nc(N2CCC(C(C)C)C2)sc1CO. The maximum atomic E-state index is 9.42. The molecule has 0 aliphatic carbocycles. The Labute approximate surface area is 114 Å². The highest BCUT2D eigenvalue weighted by atomic mass is 32.1. The molecule has 1 atom stereocenters. The van der Waals surface area contributed by atoms with Crippen LogP contribution in [-0.4, -0.2) is 23.2 Å². The van der Waals surface area contributed by atoms with E-state index in [1.165, 1.54) is 6.42 Å². The molecule has 2 rings (SSSR count). The fourth-order valence-corrected chi connectivity index (χ4v) is 3.67. The molecule has 1 aromatic heterocycles. The van der Waals surface area contributed by atoms with Crippen molar-refractivity contribution < 1.29 is 5.11 Å². The van der Waals surface area contributed by atoms with Gasteiger partial charge in [-0.25, -0.2) is 4.98 Å². The van der Waals surface area contributed by atoms with Gasteiger partial charge in [0.25, 0.3) is 0 Å². The zero-order valence-electron chi connectivity index (χ0n) is 11.8. The average Bonchev–Trinajstić information content (AvgIpc) is 2.95. The molecular weight excluding hydrogens is 244 g/mol. The summed E-state index contributed by atoms with van der Waals surface area (Å²) in [5.41, 5.74) is 1.07. The van der Waals surface area contributed by atoms with E-state index >= 15 is 0 Å². The van der Waals surface area contributed by atoms with Gasteiger partial charge in [0.1, 0.15) is 0 Å². The van der Waals surface area contributed by atoms with E-state index in [9.17, 15) is 5.11 Å². The fourth-order valence-electron chi connectivity index (χ4n) is 2.56. The summed E-state index contributed by atoms with van der Waals surface area (Å²) in [4.78, 5) is 8.17. The first-order chi connectivity index (χ1) is 8.52. The highest BCUT2D eigenvalue weighted by molar-refractivity contribution is 7.15. The number of rotatable bonds is 4. The minimum Gasteiger partial charge on any atom is -0.391 e. The molecule has 1 saturated heterocycles. The first kappa shape index (κ1) is 13.8. The second-order valence-corrected chi connectivity index (χ2v) is 6.92. The van der Waals surface area contributed by atoms with E-state index in [0.29, 0.717) is 5.92 Å². The quantitative estimate of drug-likeness (QED) is 0.910. The molecule has 3 nitrogen and oxygen atoms in total. The van der Waals surface area contributed by atoms with Gasteiger partial charge in [-0.05, 0) is 24.2 Å². The lowest BCUT2D eigenvalue weighted by atomic mass is 9.95. The number of hydrogen-bond donors (Lipinski definition) is 1. The van der Waals surface area contributed by atoms with Crippen LogP contribution in [0.15, 0.2) is 0 Å². The first-order valence-corrected chi connectivity index (χ1v) is 7.70. The highest BCUT2D eigenvalue weighted by Gasteiger charge is 2.27. The van der Waals surface area contributed by atoms with Gasteiger partial charge in [0.2, 0.25) is 0 Å². The van der Waals surface area contributed by atoms with Crippen LogP contribution >= 0.6 is 11.3 Å². The summed E-state index contributed by atoms with van der Waals surface area (Å²) in [6.07, 6.45) is 1.27. The third kappa shape index (κ3) is 2.69. The van der Waals surface area contributed by atoms with Gasteiger partial charge in [-0.3, -0.25) is 0 Å². The molecule has 2 heterocycles. The maximum absolute atomic E-state index is 9.42. The zero-order chi connectivity index (χ0) is 13.3. The third-order valence-electron chi connectivity index (χ3n) is 3.84. The summed E-state index contributed by atoms with van der Waals surface area (Å²) in [7, 11) is 0. The van der Waals surface area contributed by atoms with Crippen molar-refractivity contribution in [3.05, 3.63) is 10.6 Å². The molecule has 1 aromatic rings. The highest BCUT2D eigenvalue weighted by Crippen LogP contribution is 2.34. The number of thiazole rings is 1. The van der Waals surface area contributed by atoms with Crippen LogP contribution in [0, 0.1) is 11.8 Å². The third-order valence-corrected chi connectivity index (χ3v) is 4.96. The number of hydrogen-bond acceptors (Lipinski definition) is 4. The number of nitrogens with zero attached hydrogens (tertiary/aromatic N) is 2. The molecule has 1 aliphatic heterocycles. The standard InChI is InChI=1S/C14H24N2OS/c1-9(2)11-5-6-16(7-11)14-15-13(10(3)4)12(8-17)18-14/h9-11,17H,5-8H2,1-4H3. The van der Waals surface area contributed by atoms with Crippen molar-refractivity contribution in [3.63, 3.8) is 0 Å². The Kier molecular flexibility index (Phi) is 4.28. The van der Waals surface area contributed by atoms with Crippen LogP contribution in [0.3, 0.4) is 0 Å². The molecule has 1 fully saturated rings. The minimum absolute atomic E-state index is 0.118. The molecule has 1 unspecified atom stereocenters. The Hall–Kier alpha value is -0.610. The minimum atomic E-state index is 0.118. The molecular formula is C14H24N2OS. The van der Waals surface area contributed by atoms with Crippen molar-refractivity contribution in [1.82, 2.24) is 4.98 Å². The summed E-state index contributed by atoms with van der Waals surface area (Å²) in [5, 5.41) is 10.5. The zero-order valence-corrected chi connectivity index (χ0v) is 12.6. The van der Waals surface area contributed by atoms with E-state index < -0.39 is 0 Å². The van der Waals surface area contributed by atoms with E-state index in [-0.39, 0.29) is 6.61 Å². The van der Waals surface area contributed by atoms with Gasteiger partial charge >= 0.3 is 0 Å². The van der Waals surface area contributed by atoms with Crippen molar-refractivity contribution in [2.45, 2.75) is 46.6 Å². The lowest BCUT2D eigenvalue weighted by molar-refractivity contribution is 0.283. The smallest absolute Gasteiger partial charge is 0.185 e. The van der Waals surface area contributed by atoms with Gasteiger partial charge in [-0.1, -0.05) is 39.0 Å². The molecule has 0 spiro atoms. The Bertz CT molecular complexity index is 400. The van der Waals surface area contributed by atoms with Crippen molar-refractivity contribution in [3.8, 4) is 0 Å². The van der Waals surface area contributed by atoms with Gasteiger partial charge in [0.05, 0.1) is 17.2 Å². The van der Waals surface area contributed by atoms with Gasteiger partial charge in [0.15, 0.2) is 5.13 Å². The molecule has 0 bridgehead atoms. The molecule has 4 heteroatoms. The Morgan fingerprint density at radius 1 is 1.39 bits per heavy atom. The molecule has 0 aromatic carbocycles. The van der Waals surface area contributed by atoms with Gasteiger partial charge in [-0.2, -0.15) is 0 Å². The largest absolute Gasteiger partial charge is 0.391 e. The normalized spacial score (nSPS) is 20.4. The number of aromatic nitrogens is 1.